The molecule has 0 unspecified atom stereocenters. The third-order valence-corrected chi connectivity index (χ3v) is 3.93. The van der Waals surface area contributed by atoms with Crippen molar-refractivity contribution >= 4 is 12.1 Å². The lowest BCUT2D eigenvalue weighted by Gasteiger charge is -2.31. The molecule has 1 amide bonds. The lowest BCUT2D eigenvalue weighted by Crippen LogP contribution is -2.48. The minimum Gasteiger partial charge on any atom is -0.450 e. The van der Waals surface area contributed by atoms with E-state index in [1.807, 2.05) is 6.92 Å². The van der Waals surface area contributed by atoms with E-state index >= 15 is 0 Å². The molecule has 0 spiro atoms. The molecular weight excluding hydrogens is 292 g/mol. The number of nitrogens with zero attached hydrogens (tertiary/aromatic N) is 2. The van der Waals surface area contributed by atoms with Crippen LogP contribution < -0.4 is 11.1 Å². The SMILES string of the molecule is CCOC(=O)N1CCC(NC(N)=NCc2ccc(C)cc2)CC1. The summed E-state index contributed by atoms with van der Waals surface area (Å²) in [5.41, 5.74) is 8.33. The standard InChI is InChI=1S/C17H26N4O2/c1-3-23-17(22)21-10-8-15(9-11-21)20-16(18)19-12-14-6-4-13(2)5-7-14/h4-7,15H,3,8-12H2,1-2H3,(H3,18,19,20). The topological polar surface area (TPSA) is 80.0 Å². The number of carbonyl (C=O) groups is 1. The summed E-state index contributed by atoms with van der Waals surface area (Å²) in [6.45, 7) is 6.23. The number of carbonyl (C=O) groups excluding carboxylic acids is 1. The van der Waals surface area contributed by atoms with Crippen LogP contribution in [0.25, 0.3) is 0 Å². The number of nitrogens with two attached hydrogens (primary N) is 1. The Morgan fingerprint density at radius 1 is 1.35 bits per heavy atom. The molecule has 0 saturated carbocycles. The summed E-state index contributed by atoms with van der Waals surface area (Å²) in [6, 6.07) is 8.51. The van der Waals surface area contributed by atoms with Crippen molar-refractivity contribution in [1.82, 2.24) is 10.2 Å². The van der Waals surface area contributed by atoms with Gasteiger partial charge in [0.1, 0.15) is 0 Å². The molecular formula is C17H26N4O2. The molecule has 0 aromatic heterocycles. The number of benzene rings is 1. The minimum atomic E-state index is -0.230. The quantitative estimate of drug-likeness (QED) is 0.657. The smallest absolute Gasteiger partial charge is 0.409 e. The highest BCUT2D eigenvalue weighted by molar-refractivity contribution is 5.78. The first-order valence-corrected chi connectivity index (χ1v) is 8.12. The van der Waals surface area contributed by atoms with Gasteiger partial charge in [-0.3, -0.25) is 0 Å². The van der Waals surface area contributed by atoms with Gasteiger partial charge in [0.05, 0.1) is 13.2 Å². The van der Waals surface area contributed by atoms with Crippen LogP contribution in [-0.2, 0) is 11.3 Å². The van der Waals surface area contributed by atoms with Crippen LogP contribution >= 0.6 is 0 Å². The molecule has 23 heavy (non-hydrogen) atoms. The number of amides is 1. The average Bonchev–Trinajstić information content (AvgIpc) is 2.55. The van der Waals surface area contributed by atoms with E-state index in [0.717, 1.165) is 18.4 Å². The summed E-state index contributed by atoms with van der Waals surface area (Å²) in [5.74, 6) is 0.458. The van der Waals surface area contributed by atoms with Crippen molar-refractivity contribution in [2.75, 3.05) is 19.7 Å². The molecule has 0 radical (unpaired) electrons. The second kappa shape index (κ2) is 8.41. The fourth-order valence-corrected chi connectivity index (χ4v) is 2.55. The Labute approximate surface area is 137 Å². The number of piperidine rings is 1. The normalized spacial score (nSPS) is 16.3. The molecule has 1 heterocycles. The lowest BCUT2D eigenvalue weighted by atomic mass is 10.1. The highest BCUT2D eigenvalue weighted by Crippen LogP contribution is 2.11. The van der Waals surface area contributed by atoms with Gasteiger partial charge in [0.25, 0.3) is 0 Å². The van der Waals surface area contributed by atoms with Crippen LogP contribution in [0.15, 0.2) is 29.3 Å². The van der Waals surface area contributed by atoms with Crippen molar-refractivity contribution in [3.8, 4) is 0 Å². The largest absolute Gasteiger partial charge is 0.450 e. The molecule has 2 rings (SSSR count). The van der Waals surface area contributed by atoms with Gasteiger partial charge in [0, 0.05) is 19.1 Å². The van der Waals surface area contributed by atoms with Gasteiger partial charge < -0.3 is 20.7 Å². The zero-order valence-electron chi connectivity index (χ0n) is 13.9. The summed E-state index contributed by atoms with van der Waals surface area (Å²) in [4.78, 5) is 17.8. The molecule has 1 saturated heterocycles. The zero-order chi connectivity index (χ0) is 16.7. The molecule has 126 valence electrons. The van der Waals surface area contributed by atoms with E-state index in [1.54, 1.807) is 4.90 Å². The molecule has 0 bridgehead atoms. The fourth-order valence-electron chi connectivity index (χ4n) is 2.55. The molecule has 0 atom stereocenters. The lowest BCUT2D eigenvalue weighted by molar-refractivity contribution is 0.0963. The maximum Gasteiger partial charge on any atom is 0.409 e. The van der Waals surface area contributed by atoms with Gasteiger partial charge in [-0.2, -0.15) is 0 Å². The summed E-state index contributed by atoms with van der Waals surface area (Å²) >= 11 is 0. The Morgan fingerprint density at radius 2 is 2.00 bits per heavy atom. The third kappa shape index (κ3) is 5.47. The van der Waals surface area contributed by atoms with E-state index in [1.165, 1.54) is 5.56 Å². The van der Waals surface area contributed by atoms with E-state index in [2.05, 4.69) is 41.5 Å². The number of aryl methyl sites for hydroxylation is 1. The Bertz CT molecular complexity index is 534. The number of nitrogens with one attached hydrogen (secondary N) is 1. The Hall–Kier alpha value is -2.24. The first-order chi connectivity index (χ1) is 11.1. The highest BCUT2D eigenvalue weighted by Gasteiger charge is 2.23. The van der Waals surface area contributed by atoms with E-state index in [4.69, 9.17) is 10.5 Å². The van der Waals surface area contributed by atoms with Crippen LogP contribution in [-0.4, -0.2) is 42.7 Å². The van der Waals surface area contributed by atoms with E-state index in [9.17, 15) is 4.79 Å². The Kier molecular flexibility index (Phi) is 6.26. The van der Waals surface area contributed by atoms with E-state index < -0.39 is 0 Å². The van der Waals surface area contributed by atoms with Gasteiger partial charge in [0.2, 0.25) is 0 Å². The van der Waals surface area contributed by atoms with Crippen molar-refractivity contribution in [3.05, 3.63) is 35.4 Å². The third-order valence-electron chi connectivity index (χ3n) is 3.93. The van der Waals surface area contributed by atoms with E-state index in [0.29, 0.717) is 32.2 Å². The highest BCUT2D eigenvalue weighted by atomic mass is 16.6. The van der Waals surface area contributed by atoms with Crippen molar-refractivity contribution in [2.45, 2.75) is 39.3 Å². The van der Waals surface area contributed by atoms with Crippen molar-refractivity contribution in [2.24, 2.45) is 10.7 Å². The molecule has 0 aliphatic carbocycles. The number of likely N-dealkylation sites (tertiary alicyclic amines) is 1. The monoisotopic (exact) mass is 318 g/mol. The average molecular weight is 318 g/mol. The van der Waals surface area contributed by atoms with Gasteiger partial charge in [0.15, 0.2) is 5.96 Å². The second-order valence-corrected chi connectivity index (χ2v) is 5.79. The summed E-state index contributed by atoms with van der Waals surface area (Å²) < 4.78 is 5.01. The molecule has 6 nitrogen and oxygen atoms in total. The van der Waals surface area contributed by atoms with Crippen LogP contribution in [0.2, 0.25) is 0 Å². The first kappa shape index (κ1) is 17.1. The maximum atomic E-state index is 11.6. The molecule has 1 aromatic carbocycles. The minimum absolute atomic E-state index is 0.230. The number of rotatable bonds is 4. The Balaban J connectivity index is 1.75. The number of hydrogen-bond acceptors (Lipinski definition) is 3. The van der Waals surface area contributed by atoms with Crippen molar-refractivity contribution < 1.29 is 9.53 Å². The van der Waals surface area contributed by atoms with Crippen LogP contribution in [0, 0.1) is 6.92 Å². The molecule has 1 fully saturated rings. The van der Waals surface area contributed by atoms with Gasteiger partial charge in [-0.25, -0.2) is 9.79 Å². The number of aliphatic imine (C=N–C) groups is 1. The molecule has 1 aliphatic heterocycles. The number of hydrogen-bond donors (Lipinski definition) is 2. The van der Waals surface area contributed by atoms with E-state index in [-0.39, 0.29) is 12.1 Å². The predicted octanol–water partition coefficient (Wildman–Crippen LogP) is 2.02. The van der Waals surface area contributed by atoms with Crippen LogP contribution in [0.5, 0.6) is 0 Å². The summed E-state index contributed by atoms with van der Waals surface area (Å²) in [7, 11) is 0. The number of guanidine groups is 1. The Morgan fingerprint density at radius 3 is 2.61 bits per heavy atom. The fraction of sp³-hybridized carbons (Fsp3) is 0.529. The van der Waals surface area contributed by atoms with Crippen LogP contribution in [0.3, 0.4) is 0 Å². The summed E-state index contributed by atoms with van der Waals surface area (Å²) in [6.07, 6.45) is 1.46. The van der Waals surface area contributed by atoms with Crippen LogP contribution in [0.1, 0.15) is 30.9 Å². The van der Waals surface area contributed by atoms with Gasteiger partial charge in [-0.15, -0.1) is 0 Å². The van der Waals surface area contributed by atoms with Crippen molar-refractivity contribution in [1.29, 1.82) is 0 Å². The van der Waals surface area contributed by atoms with Gasteiger partial charge >= 0.3 is 6.09 Å². The summed E-state index contributed by atoms with van der Waals surface area (Å²) in [5, 5.41) is 3.24. The second-order valence-electron chi connectivity index (χ2n) is 5.79. The maximum absolute atomic E-state index is 11.6. The molecule has 1 aromatic rings. The molecule has 6 heteroatoms. The number of ether oxygens (including phenoxy) is 1. The molecule has 3 N–H and O–H groups in total. The van der Waals surface area contributed by atoms with Gasteiger partial charge in [-0.05, 0) is 32.3 Å². The van der Waals surface area contributed by atoms with Crippen molar-refractivity contribution in [3.63, 3.8) is 0 Å². The first-order valence-electron chi connectivity index (χ1n) is 8.12. The molecule has 1 aliphatic rings. The predicted molar refractivity (Wildman–Crippen MR) is 91.3 cm³/mol. The van der Waals surface area contributed by atoms with Gasteiger partial charge in [-0.1, -0.05) is 29.8 Å². The van der Waals surface area contributed by atoms with Crippen LogP contribution in [0.4, 0.5) is 4.79 Å². The zero-order valence-corrected chi connectivity index (χ0v) is 13.9.